The summed E-state index contributed by atoms with van der Waals surface area (Å²) < 4.78 is 36.2. The van der Waals surface area contributed by atoms with Gasteiger partial charge in [-0.15, -0.1) is 0 Å². The number of alkyl halides is 3. The van der Waals surface area contributed by atoms with Crippen LogP contribution < -0.4 is 0 Å². The van der Waals surface area contributed by atoms with Crippen LogP contribution in [0.25, 0.3) is 0 Å². The minimum absolute atomic E-state index is 0.352. The third-order valence-corrected chi connectivity index (χ3v) is 1.39. The number of benzene rings is 1. The molecule has 1 rings (SSSR count). The van der Waals surface area contributed by atoms with E-state index in [1.165, 1.54) is 12.1 Å². The number of rotatable bonds is 1. The van der Waals surface area contributed by atoms with Crippen molar-refractivity contribution in [2.45, 2.75) is 6.18 Å². The van der Waals surface area contributed by atoms with Gasteiger partial charge >= 0.3 is 6.18 Å². The molecule has 12 heavy (non-hydrogen) atoms. The van der Waals surface area contributed by atoms with Crippen molar-refractivity contribution in [3.63, 3.8) is 0 Å². The highest BCUT2D eigenvalue weighted by atomic mass is 19.4. The molecule has 0 aromatic heterocycles. The quantitative estimate of drug-likeness (QED) is 0.609. The molecule has 0 saturated carbocycles. The van der Waals surface area contributed by atoms with Crippen molar-refractivity contribution in [1.29, 1.82) is 0 Å². The second kappa shape index (κ2) is 3.01. The van der Waals surface area contributed by atoms with Gasteiger partial charge in [0.2, 0.25) is 0 Å². The molecule has 1 radical (unpaired) electrons. The Hall–Kier alpha value is -1.25. The highest BCUT2D eigenvalue weighted by molar-refractivity contribution is 5.28. The van der Waals surface area contributed by atoms with E-state index < -0.39 is 11.7 Å². The van der Waals surface area contributed by atoms with E-state index in [2.05, 4.69) is 12.7 Å². The molecule has 0 aliphatic rings. The van der Waals surface area contributed by atoms with Crippen molar-refractivity contribution in [2.75, 3.05) is 0 Å². The summed E-state index contributed by atoms with van der Waals surface area (Å²) in [5.41, 5.74) is -0.319. The Morgan fingerprint density at radius 3 is 2.42 bits per heavy atom. The van der Waals surface area contributed by atoms with E-state index in [0.29, 0.717) is 5.56 Å². The van der Waals surface area contributed by atoms with Crippen molar-refractivity contribution < 1.29 is 13.2 Å². The molecule has 0 N–H and O–H groups in total. The number of hydrogen-bond donors (Lipinski definition) is 0. The topological polar surface area (TPSA) is 0 Å². The van der Waals surface area contributed by atoms with E-state index in [1.807, 2.05) is 0 Å². The smallest absolute Gasteiger partial charge is 0.166 e. The molecule has 1 aromatic carbocycles. The maximum Gasteiger partial charge on any atom is 0.416 e. The van der Waals surface area contributed by atoms with Crippen LogP contribution in [0.3, 0.4) is 0 Å². The van der Waals surface area contributed by atoms with Crippen molar-refractivity contribution >= 4 is 0 Å². The SMILES string of the molecule is C=[C]c1cccc(C(F)(F)F)c1. The highest BCUT2D eigenvalue weighted by Crippen LogP contribution is 2.29. The average Bonchev–Trinajstić information content (AvgIpc) is 2.03. The molecule has 0 aliphatic carbocycles. The number of halogens is 3. The van der Waals surface area contributed by atoms with E-state index in [1.54, 1.807) is 0 Å². The molecule has 0 atom stereocenters. The van der Waals surface area contributed by atoms with Gasteiger partial charge in [0.1, 0.15) is 0 Å². The molecule has 63 valence electrons. The Morgan fingerprint density at radius 2 is 1.92 bits per heavy atom. The zero-order valence-electron chi connectivity index (χ0n) is 6.15. The zero-order chi connectivity index (χ0) is 9.19. The normalized spacial score (nSPS) is 11.2. The van der Waals surface area contributed by atoms with Crippen LogP contribution in [0, 0.1) is 6.08 Å². The van der Waals surface area contributed by atoms with Gasteiger partial charge in [-0.1, -0.05) is 18.7 Å². The van der Waals surface area contributed by atoms with Crippen LogP contribution in [0.15, 0.2) is 30.8 Å². The summed E-state index contributed by atoms with van der Waals surface area (Å²) in [5, 5.41) is 0. The van der Waals surface area contributed by atoms with Gasteiger partial charge in [0.15, 0.2) is 0 Å². The third kappa shape index (κ3) is 1.87. The van der Waals surface area contributed by atoms with Gasteiger partial charge in [-0.25, -0.2) is 0 Å². The first kappa shape index (κ1) is 8.84. The third-order valence-electron chi connectivity index (χ3n) is 1.39. The highest BCUT2D eigenvalue weighted by Gasteiger charge is 2.30. The first-order valence-corrected chi connectivity index (χ1v) is 3.24. The van der Waals surface area contributed by atoms with E-state index in [4.69, 9.17) is 0 Å². The van der Waals surface area contributed by atoms with Crippen molar-refractivity contribution in [2.24, 2.45) is 0 Å². The maximum atomic E-state index is 12.1. The van der Waals surface area contributed by atoms with E-state index in [9.17, 15) is 13.2 Å². The van der Waals surface area contributed by atoms with Gasteiger partial charge in [-0.2, -0.15) is 13.2 Å². The summed E-state index contributed by atoms with van der Waals surface area (Å²) >= 11 is 0. The van der Waals surface area contributed by atoms with Gasteiger partial charge in [0.25, 0.3) is 0 Å². The Morgan fingerprint density at radius 1 is 1.25 bits per heavy atom. The molecule has 0 amide bonds. The lowest BCUT2D eigenvalue weighted by Crippen LogP contribution is -2.04. The lowest BCUT2D eigenvalue weighted by molar-refractivity contribution is -0.137. The van der Waals surface area contributed by atoms with Gasteiger partial charge in [0.05, 0.1) is 5.56 Å². The summed E-state index contributed by atoms with van der Waals surface area (Å²) in [6.45, 7) is 3.26. The van der Waals surface area contributed by atoms with Crippen LogP contribution in [-0.2, 0) is 6.18 Å². The summed E-state index contributed by atoms with van der Waals surface area (Å²) in [4.78, 5) is 0. The fourth-order valence-corrected chi connectivity index (χ4v) is 0.805. The van der Waals surface area contributed by atoms with Crippen molar-refractivity contribution in [1.82, 2.24) is 0 Å². The van der Waals surface area contributed by atoms with Crippen LogP contribution in [-0.4, -0.2) is 0 Å². The Balaban J connectivity index is 3.10. The molecule has 0 heterocycles. The number of hydrogen-bond acceptors (Lipinski definition) is 0. The molecular weight excluding hydrogens is 165 g/mol. The summed E-state index contributed by atoms with van der Waals surface area (Å²) in [6, 6.07) is 4.87. The molecule has 0 aliphatic heterocycles. The van der Waals surface area contributed by atoms with Crippen molar-refractivity contribution in [3.05, 3.63) is 48.0 Å². The standard InChI is InChI=1S/C9H6F3/c1-2-7-4-3-5-8(6-7)9(10,11)12/h3-6H,1H2. The van der Waals surface area contributed by atoms with Gasteiger partial charge in [0, 0.05) is 0 Å². The largest absolute Gasteiger partial charge is 0.416 e. The van der Waals surface area contributed by atoms with Gasteiger partial charge in [-0.3, -0.25) is 0 Å². The monoisotopic (exact) mass is 171 g/mol. The molecule has 1 aromatic rings. The molecule has 3 heteroatoms. The minimum atomic E-state index is -4.28. The Bertz CT molecular complexity index is 286. The first-order chi connectivity index (χ1) is 5.54. The first-order valence-electron chi connectivity index (χ1n) is 3.24. The molecule has 0 fully saturated rings. The predicted molar refractivity (Wildman–Crippen MR) is 39.4 cm³/mol. The zero-order valence-corrected chi connectivity index (χ0v) is 6.15. The lowest BCUT2D eigenvalue weighted by Gasteiger charge is -2.05. The Labute approximate surface area is 68.3 Å². The van der Waals surface area contributed by atoms with E-state index in [-0.39, 0.29) is 0 Å². The van der Waals surface area contributed by atoms with Crippen LogP contribution in [0.5, 0.6) is 0 Å². The second-order valence-electron chi connectivity index (χ2n) is 2.26. The molecule has 0 spiro atoms. The van der Waals surface area contributed by atoms with E-state index >= 15 is 0 Å². The van der Waals surface area contributed by atoms with Gasteiger partial charge in [-0.05, 0) is 23.8 Å². The lowest BCUT2D eigenvalue weighted by atomic mass is 10.1. The summed E-state index contributed by atoms with van der Waals surface area (Å²) in [5.74, 6) is 0. The van der Waals surface area contributed by atoms with Crippen LogP contribution >= 0.6 is 0 Å². The molecular formula is C9H6F3. The fraction of sp³-hybridized carbons (Fsp3) is 0.111. The van der Waals surface area contributed by atoms with Crippen LogP contribution in [0.4, 0.5) is 13.2 Å². The Kier molecular flexibility index (Phi) is 2.22. The van der Waals surface area contributed by atoms with Crippen LogP contribution in [0.2, 0.25) is 0 Å². The summed E-state index contributed by atoms with van der Waals surface area (Å²) in [7, 11) is 0. The predicted octanol–water partition coefficient (Wildman–Crippen LogP) is 3.04. The van der Waals surface area contributed by atoms with E-state index in [0.717, 1.165) is 12.1 Å². The molecule has 0 nitrogen and oxygen atoms in total. The maximum absolute atomic E-state index is 12.1. The molecule has 0 unspecified atom stereocenters. The fourth-order valence-electron chi connectivity index (χ4n) is 0.805. The summed E-state index contributed by atoms with van der Waals surface area (Å²) in [6.07, 6.45) is -1.90. The van der Waals surface area contributed by atoms with Crippen molar-refractivity contribution in [3.8, 4) is 0 Å². The minimum Gasteiger partial charge on any atom is -0.166 e. The van der Waals surface area contributed by atoms with Gasteiger partial charge < -0.3 is 0 Å². The molecule has 0 bridgehead atoms. The average molecular weight is 171 g/mol. The second-order valence-corrected chi connectivity index (χ2v) is 2.26. The van der Waals surface area contributed by atoms with Crippen LogP contribution in [0.1, 0.15) is 11.1 Å². The molecule has 0 saturated heterocycles.